The number of carbonyl (C=O) groups is 2. The van der Waals surface area contributed by atoms with E-state index in [-0.39, 0.29) is 18.9 Å². The number of hydrogen-bond acceptors (Lipinski definition) is 6. The van der Waals surface area contributed by atoms with Gasteiger partial charge in [-0.1, -0.05) is 36.4 Å². The fraction of sp³-hybridized carbons (Fsp3) is 0.333. The summed E-state index contributed by atoms with van der Waals surface area (Å²) in [5.74, 6) is -3.36. The maximum Gasteiger partial charge on any atom is 0.305 e. The number of rotatable bonds is 15. The predicted octanol–water partition coefficient (Wildman–Crippen LogP) is 4.88. The highest BCUT2D eigenvalue weighted by atomic mass is 19.1. The Morgan fingerprint density at radius 3 is 1.32 bits per heavy atom. The summed E-state index contributed by atoms with van der Waals surface area (Å²) in [6.45, 7) is 3.77. The van der Waals surface area contributed by atoms with Gasteiger partial charge in [0.1, 0.15) is 11.6 Å². The normalized spacial score (nSPS) is 14.8. The average molecular weight is 614 g/mol. The predicted molar refractivity (Wildman–Crippen MR) is 161 cm³/mol. The summed E-state index contributed by atoms with van der Waals surface area (Å²) in [4.78, 5) is 21.9. The van der Waals surface area contributed by atoms with Crippen molar-refractivity contribution in [1.82, 2.24) is 4.57 Å². The van der Waals surface area contributed by atoms with Crippen molar-refractivity contribution < 1.29 is 49.0 Å². The fourth-order valence-electron chi connectivity index (χ4n) is 5.02. The highest BCUT2D eigenvalue weighted by molar-refractivity contribution is 5.94. The van der Waals surface area contributed by atoms with Crippen molar-refractivity contribution >= 4 is 24.1 Å². The molecule has 0 amide bonds. The molecule has 0 saturated carbocycles. The summed E-state index contributed by atoms with van der Waals surface area (Å²) in [7, 11) is 0. The zero-order valence-electron chi connectivity index (χ0n) is 24.3. The van der Waals surface area contributed by atoms with Crippen LogP contribution in [0.25, 0.3) is 34.4 Å². The molecule has 0 radical (unpaired) electrons. The average Bonchev–Trinajstić information content (AvgIpc) is 3.24. The van der Waals surface area contributed by atoms with Gasteiger partial charge in [0, 0.05) is 41.4 Å². The molecule has 44 heavy (non-hydrogen) atoms. The molecule has 2 aromatic carbocycles. The second-order valence-corrected chi connectivity index (χ2v) is 10.8. The van der Waals surface area contributed by atoms with Crippen LogP contribution in [0.5, 0.6) is 0 Å². The topological polar surface area (TPSA) is 160 Å². The number of halogens is 2. The molecule has 1 heterocycles. The van der Waals surface area contributed by atoms with Crippen LogP contribution in [0, 0.1) is 11.6 Å². The van der Waals surface area contributed by atoms with E-state index >= 15 is 0 Å². The molecular weight excluding hydrogens is 576 g/mol. The largest absolute Gasteiger partial charge is 0.481 e. The lowest BCUT2D eigenvalue weighted by molar-refractivity contribution is -0.140. The summed E-state index contributed by atoms with van der Waals surface area (Å²) in [6.07, 6.45) is -0.530. The quantitative estimate of drug-likeness (QED) is 0.141. The van der Waals surface area contributed by atoms with Crippen molar-refractivity contribution in [2.24, 2.45) is 0 Å². The second-order valence-electron chi connectivity index (χ2n) is 10.8. The van der Waals surface area contributed by atoms with E-state index in [2.05, 4.69) is 0 Å². The molecule has 4 atom stereocenters. The molecule has 1 aromatic heterocycles. The van der Waals surface area contributed by atoms with Gasteiger partial charge in [-0.3, -0.25) is 9.59 Å². The second kappa shape index (κ2) is 15.5. The lowest BCUT2D eigenvalue weighted by Gasteiger charge is -2.17. The minimum Gasteiger partial charge on any atom is -0.481 e. The van der Waals surface area contributed by atoms with E-state index < -0.39 is 60.8 Å². The molecule has 0 aliphatic heterocycles. The minimum absolute atomic E-state index is 0.237. The molecule has 0 bridgehead atoms. The Labute approximate surface area is 253 Å². The molecule has 4 unspecified atom stereocenters. The molecule has 0 aliphatic carbocycles. The van der Waals surface area contributed by atoms with Crippen molar-refractivity contribution in [3.05, 3.63) is 83.7 Å². The van der Waals surface area contributed by atoms with Gasteiger partial charge in [-0.05, 0) is 61.4 Å². The molecule has 3 rings (SSSR count). The standard InChI is InChI=1S/C33H37F2NO8/c1-19(2)36-28(13-11-24(37)15-26(39)17-30(41)42)32(20-3-7-22(34)8-4-20)33(21-5-9-23(35)10-6-21)29(36)14-12-25(38)16-27(40)18-31(43)44/h3-14,19,24-27,37-40H,15-18H2,1-2H3,(H,41,42)(H,43,44). The number of nitrogens with zero attached hydrogens (tertiary/aromatic N) is 1. The number of aliphatic carboxylic acids is 2. The first-order valence-corrected chi connectivity index (χ1v) is 14.1. The summed E-state index contributed by atoms with van der Waals surface area (Å²) >= 11 is 0. The van der Waals surface area contributed by atoms with E-state index in [1.54, 1.807) is 36.4 Å². The van der Waals surface area contributed by atoms with Crippen molar-refractivity contribution in [2.75, 3.05) is 0 Å². The number of hydrogen-bond donors (Lipinski definition) is 6. The minimum atomic E-state index is -1.29. The Balaban J connectivity index is 2.26. The van der Waals surface area contributed by atoms with Gasteiger partial charge < -0.3 is 35.2 Å². The van der Waals surface area contributed by atoms with Crippen LogP contribution in [0.2, 0.25) is 0 Å². The molecule has 0 fully saturated rings. The summed E-state index contributed by atoms with van der Waals surface area (Å²) in [5.41, 5.74) is 3.41. The van der Waals surface area contributed by atoms with E-state index in [0.29, 0.717) is 33.6 Å². The third-order valence-corrected chi connectivity index (χ3v) is 6.86. The molecular formula is C33H37F2NO8. The van der Waals surface area contributed by atoms with E-state index in [9.17, 15) is 38.8 Å². The summed E-state index contributed by atoms with van der Waals surface area (Å²) < 4.78 is 29.9. The van der Waals surface area contributed by atoms with Gasteiger partial charge in [0.2, 0.25) is 0 Å². The van der Waals surface area contributed by atoms with E-state index in [4.69, 9.17) is 10.2 Å². The van der Waals surface area contributed by atoms with Crippen LogP contribution in [0.4, 0.5) is 8.78 Å². The maximum atomic E-state index is 14.0. The smallest absolute Gasteiger partial charge is 0.305 e. The van der Waals surface area contributed by atoms with Crippen LogP contribution < -0.4 is 0 Å². The third kappa shape index (κ3) is 9.42. The number of aliphatic hydroxyl groups is 4. The highest BCUT2D eigenvalue weighted by Gasteiger charge is 2.25. The zero-order chi connectivity index (χ0) is 32.6. The zero-order valence-corrected chi connectivity index (χ0v) is 24.3. The van der Waals surface area contributed by atoms with E-state index in [1.165, 1.54) is 36.4 Å². The molecule has 236 valence electrons. The van der Waals surface area contributed by atoms with Crippen molar-refractivity contribution in [3.8, 4) is 22.3 Å². The third-order valence-electron chi connectivity index (χ3n) is 6.86. The Bertz CT molecular complexity index is 1370. The molecule has 9 nitrogen and oxygen atoms in total. The molecule has 0 saturated heterocycles. The van der Waals surface area contributed by atoms with Gasteiger partial charge in [0.05, 0.1) is 37.3 Å². The van der Waals surface area contributed by atoms with Crippen molar-refractivity contribution in [3.63, 3.8) is 0 Å². The monoisotopic (exact) mass is 613 g/mol. The summed E-state index contributed by atoms with van der Waals surface area (Å²) in [6, 6.07) is 11.2. The van der Waals surface area contributed by atoms with Crippen molar-refractivity contribution in [2.45, 2.75) is 70.0 Å². The number of carboxylic acid groups (broad SMARTS) is 2. The van der Waals surface area contributed by atoms with Gasteiger partial charge in [0.25, 0.3) is 0 Å². The van der Waals surface area contributed by atoms with Gasteiger partial charge in [-0.15, -0.1) is 0 Å². The number of aliphatic hydroxyl groups excluding tert-OH is 4. The molecule has 0 spiro atoms. The van der Waals surface area contributed by atoms with Gasteiger partial charge in [0.15, 0.2) is 0 Å². The Hall–Kier alpha value is -4.16. The highest BCUT2D eigenvalue weighted by Crippen LogP contribution is 2.43. The maximum absolute atomic E-state index is 14.0. The van der Waals surface area contributed by atoms with Crippen LogP contribution >= 0.6 is 0 Å². The van der Waals surface area contributed by atoms with E-state index in [1.807, 2.05) is 18.4 Å². The van der Waals surface area contributed by atoms with Gasteiger partial charge in [-0.25, -0.2) is 8.78 Å². The lowest BCUT2D eigenvalue weighted by atomic mass is 9.94. The molecule has 3 aromatic rings. The van der Waals surface area contributed by atoms with Gasteiger partial charge >= 0.3 is 11.9 Å². The first-order valence-electron chi connectivity index (χ1n) is 14.1. The Morgan fingerprint density at radius 1 is 0.682 bits per heavy atom. The Kier molecular flexibility index (Phi) is 12.1. The van der Waals surface area contributed by atoms with Crippen LogP contribution in [-0.4, -0.2) is 71.6 Å². The first-order chi connectivity index (χ1) is 20.8. The summed E-state index contributed by atoms with van der Waals surface area (Å²) in [5, 5.41) is 59.1. The van der Waals surface area contributed by atoms with Crippen LogP contribution in [0.1, 0.15) is 57.0 Å². The van der Waals surface area contributed by atoms with Gasteiger partial charge in [-0.2, -0.15) is 0 Å². The molecule has 6 N–H and O–H groups in total. The molecule has 11 heteroatoms. The van der Waals surface area contributed by atoms with E-state index in [0.717, 1.165) is 0 Å². The van der Waals surface area contributed by atoms with Crippen molar-refractivity contribution in [1.29, 1.82) is 0 Å². The number of aromatic nitrogens is 1. The fourth-order valence-corrected chi connectivity index (χ4v) is 5.02. The first kappa shape index (κ1) is 34.3. The van der Waals surface area contributed by atoms with Crippen LogP contribution in [0.15, 0.2) is 60.7 Å². The Morgan fingerprint density at radius 2 is 1.02 bits per heavy atom. The SMILES string of the molecule is CC(C)n1c(C=CC(O)CC(O)CC(=O)O)c(-c2ccc(F)cc2)c(-c2ccc(F)cc2)c1C=CC(O)CC(O)CC(=O)O. The molecule has 0 aliphatic rings. The number of benzene rings is 2. The lowest BCUT2D eigenvalue weighted by Crippen LogP contribution is -2.19. The number of carboxylic acids is 2. The van der Waals surface area contributed by atoms with Crippen LogP contribution in [0.3, 0.4) is 0 Å². The van der Waals surface area contributed by atoms with Crippen LogP contribution in [-0.2, 0) is 9.59 Å².